The first-order chi connectivity index (χ1) is 15.9. The summed E-state index contributed by atoms with van der Waals surface area (Å²) >= 11 is 0. The Bertz CT molecular complexity index is 1430. The SMILES string of the molecule is Cc1ccc(NC(=O)Cn2cc(C=C(C#N)c3cccc([N+](=O)[O-])c3)c3ccccc32)cc1. The molecule has 0 unspecified atom stereocenters. The van der Waals surface area contributed by atoms with E-state index in [4.69, 9.17) is 0 Å². The molecule has 0 aliphatic rings. The van der Waals surface area contributed by atoms with Crippen molar-refractivity contribution in [2.24, 2.45) is 0 Å². The van der Waals surface area contributed by atoms with Gasteiger partial charge in [0, 0.05) is 40.5 Å². The lowest BCUT2D eigenvalue weighted by Crippen LogP contribution is -2.18. The number of benzene rings is 3. The molecule has 162 valence electrons. The van der Waals surface area contributed by atoms with Crippen LogP contribution in [0.25, 0.3) is 22.6 Å². The minimum Gasteiger partial charge on any atom is -0.337 e. The molecule has 4 rings (SSSR count). The Hall–Kier alpha value is -4.70. The third kappa shape index (κ3) is 4.81. The number of carbonyl (C=O) groups is 1. The van der Waals surface area contributed by atoms with Crippen LogP contribution < -0.4 is 5.32 Å². The Kier molecular flexibility index (Phi) is 6.00. The fourth-order valence-electron chi connectivity index (χ4n) is 3.64. The summed E-state index contributed by atoms with van der Waals surface area (Å²) in [5, 5.41) is 24.6. The van der Waals surface area contributed by atoms with Gasteiger partial charge >= 0.3 is 0 Å². The fourth-order valence-corrected chi connectivity index (χ4v) is 3.64. The number of carbonyl (C=O) groups excluding carboxylic acids is 1. The first-order valence-corrected chi connectivity index (χ1v) is 10.3. The maximum absolute atomic E-state index is 12.7. The van der Waals surface area contributed by atoms with E-state index in [1.165, 1.54) is 12.1 Å². The summed E-state index contributed by atoms with van der Waals surface area (Å²) in [6.07, 6.45) is 3.50. The molecule has 1 aromatic heterocycles. The Morgan fingerprint density at radius 2 is 1.88 bits per heavy atom. The molecular weight excluding hydrogens is 416 g/mol. The molecule has 7 nitrogen and oxygen atoms in total. The van der Waals surface area contributed by atoms with Crippen LogP contribution in [-0.4, -0.2) is 15.4 Å². The van der Waals surface area contributed by atoms with Crippen LogP contribution in [0.5, 0.6) is 0 Å². The molecule has 1 heterocycles. The number of fused-ring (bicyclic) bond motifs is 1. The normalized spacial score (nSPS) is 11.2. The average Bonchev–Trinajstić information content (AvgIpc) is 3.16. The number of non-ortho nitro benzene ring substituents is 1. The second-order valence-corrected chi connectivity index (χ2v) is 7.62. The van der Waals surface area contributed by atoms with Gasteiger partial charge in [0.05, 0.1) is 16.6 Å². The number of rotatable bonds is 6. The highest BCUT2D eigenvalue weighted by Gasteiger charge is 2.13. The highest BCUT2D eigenvalue weighted by atomic mass is 16.6. The molecule has 0 aliphatic heterocycles. The average molecular weight is 436 g/mol. The molecule has 0 spiro atoms. The summed E-state index contributed by atoms with van der Waals surface area (Å²) < 4.78 is 1.83. The minimum absolute atomic E-state index is 0.0798. The molecule has 0 radical (unpaired) electrons. The van der Waals surface area contributed by atoms with Crippen molar-refractivity contribution < 1.29 is 9.72 Å². The van der Waals surface area contributed by atoms with Gasteiger partial charge in [0.15, 0.2) is 0 Å². The van der Waals surface area contributed by atoms with Gasteiger partial charge in [0.1, 0.15) is 6.54 Å². The number of nitriles is 1. The molecule has 33 heavy (non-hydrogen) atoms. The van der Waals surface area contributed by atoms with Gasteiger partial charge in [-0.3, -0.25) is 14.9 Å². The number of nitrogens with zero attached hydrogens (tertiary/aromatic N) is 3. The van der Waals surface area contributed by atoms with Crippen molar-refractivity contribution in [2.45, 2.75) is 13.5 Å². The molecule has 1 amide bonds. The van der Waals surface area contributed by atoms with Gasteiger partial charge < -0.3 is 9.88 Å². The van der Waals surface area contributed by atoms with Crippen molar-refractivity contribution in [2.75, 3.05) is 5.32 Å². The summed E-state index contributed by atoms with van der Waals surface area (Å²) in [5.41, 5.74) is 4.10. The second kappa shape index (κ2) is 9.20. The van der Waals surface area contributed by atoms with E-state index >= 15 is 0 Å². The summed E-state index contributed by atoms with van der Waals surface area (Å²) in [7, 11) is 0. The van der Waals surface area contributed by atoms with Gasteiger partial charge in [-0.1, -0.05) is 48.0 Å². The number of aromatic nitrogens is 1. The predicted molar refractivity (Wildman–Crippen MR) is 128 cm³/mol. The van der Waals surface area contributed by atoms with Crippen LogP contribution in [0.15, 0.2) is 79.0 Å². The number of nitrogens with one attached hydrogen (secondary N) is 1. The Morgan fingerprint density at radius 1 is 1.12 bits per heavy atom. The predicted octanol–water partition coefficient (Wildman–Crippen LogP) is 5.56. The molecule has 3 aromatic carbocycles. The standard InChI is InChI=1S/C26H20N4O3/c1-18-9-11-22(12-10-18)28-26(31)17-29-16-21(24-7-2-3-8-25(24)29)13-20(15-27)19-5-4-6-23(14-19)30(32)33/h2-14,16H,17H2,1H3,(H,28,31). The number of para-hydroxylation sites is 1. The van der Waals surface area contributed by atoms with Gasteiger partial charge in [-0.2, -0.15) is 5.26 Å². The molecular formula is C26H20N4O3. The topological polar surface area (TPSA) is 101 Å². The van der Waals surface area contributed by atoms with Crippen molar-refractivity contribution in [3.8, 4) is 6.07 Å². The molecule has 0 atom stereocenters. The van der Waals surface area contributed by atoms with E-state index in [9.17, 15) is 20.2 Å². The molecule has 7 heteroatoms. The molecule has 0 bridgehead atoms. The van der Waals surface area contributed by atoms with Crippen molar-refractivity contribution in [1.82, 2.24) is 4.57 Å². The van der Waals surface area contributed by atoms with Crippen LogP contribution in [0.3, 0.4) is 0 Å². The summed E-state index contributed by atoms with van der Waals surface area (Å²) in [6, 6.07) is 23.3. The third-order valence-corrected chi connectivity index (χ3v) is 5.26. The highest BCUT2D eigenvalue weighted by molar-refractivity contribution is 5.99. The Labute approximate surface area is 190 Å². The first-order valence-electron chi connectivity index (χ1n) is 10.3. The lowest BCUT2D eigenvalue weighted by atomic mass is 10.0. The maximum Gasteiger partial charge on any atom is 0.270 e. The molecule has 0 fully saturated rings. The Balaban J connectivity index is 1.67. The minimum atomic E-state index is -0.489. The van der Waals surface area contributed by atoms with Crippen LogP contribution in [0.2, 0.25) is 0 Å². The molecule has 4 aromatic rings. The summed E-state index contributed by atoms with van der Waals surface area (Å²) in [5.74, 6) is -0.172. The fraction of sp³-hybridized carbons (Fsp3) is 0.0769. The zero-order valence-electron chi connectivity index (χ0n) is 17.9. The lowest BCUT2D eigenvalue weighted by Gasteiger charge is -2.07. The van der Waals surface area contributed by atoms with E-state index in [0.717, 1.165) is 27.7 Å². The van der Waals surface area contributed by atoms with E-state index in [2.05, 4.69) is 11.4 Å². The number of nitro benzene ring substituents is 1. The second-order valence-electron chi connectivity index (χ2n) is 7.62. The first kappa shape index (κ1) is 21.5. The number of nitro groups is 1. The van der Waals surface area contributed by atoms with Crippen molar-refractivity contribution in [3.05, 3.63) is 106 Å². The van der Waals surface area contributed by atoms with Crippen molar-refractivity contribution >= 4 is 39.8 Å². The number of anilines is 1. The van der Waals surface area contributed by atoms with E-state index in [1.807, 2.05) is 66.2 Å². The number of aryl methyl sites for hydroxylation is 1. The zero-order chi connectivity index (χ0) is 23.4. The van der Waals surface area contributed by atoms with Crippen LogP contribution in [0.4, 0.5) is 11.4 Å². The smallest absolute Gasteiger partial charge is 0.270 e. The van der Waals surface area contributed by atoms with Gasteiger partial charge in [0.25, 0.3) is 5.69 Å². The van der Waals surface area contributed by atoms with Crippen molar-refractivity contribution in [1.29, 1.82) is 5.26 Å². The largest absolute Gasteiger partial charge is 0.337 e. The summed E-state index contributed by atoms with van der Waals surface area (Å²) in [6.45, 7) is 2.08. The number of hydrogen-bond donors (Lipinski definition) is 1. The summed E-state index contributed by atoms with van der Waals surface area (Å²) in [4.78, 5) is 23.3. The van der Waals surface area contributed by atoms with E-state index in [1.54, 1.807) is 18.2 Å². The zero-order valence-corrected chi connectivity index (χ0v) is 17.9. The monoisotopic (exact) mass is 436 g/mol. The van der Waals surface area contributed by atoms with Gasteiger partial charge in [-0.15, -0.1) is 0 Å². The molecule has 0 saturated heterocycles. The third-order valence-electron chi connectivity index (χ3n) is 5.26. The maximum atomic E-state index is 12.7. The van der Waals surface area contributed by atoms with Crippen LogP contribution in [-0.2, 0) is 11.3 Å². The van der Waals surface area contributed by atoms with Gasteiger partial charge in [-0.05, 0) is 36.8 Å². The number of hydrogen-bond acceptors (Lipinski definition) is 4. The highest BCUT2D eigenvalue weighted by Crippen LogP contribution is 2.27. The quantitative estimate of drug-likeness (QED) is 0.243. The Morgan fingerprint density at radius 3 is 2.61 bits per heavy atom. The van der Waals surface area contributed by atoms with Crippen molar-refractivity contribution in [3.63, 3.8) is 0 Å². The molecule has 1 N–H and O–H groups in total. The van der Waals surface area contributed by atoms with E-state index in [0.29, 0.717) is 11.1 Å². The van der Waals surface area contributed by atoms with Crippen LogP contribution >= 0.6 is 0 Å². The molecule has 0 aliphatic carbocycles. The van der Waals surface area contributed by atoms with Crippen LogP contribution in [0, 0.1) is 28.4 Å². The number of allylic oxidation sites excluding steroid dienone is 1. The van der Waals surface area contributed by atoms with Gasteiger partial charge in [0.2, 0.25) is 5.91 Å². The number of amides is 1. The van der Waals surface area contributed by atoms with E-state index < -0.39 is 4.92 Å². The lowest BCUT2D eigenvalue weighted by molar-refractivity contribution is -0.384. The molecule has 0 saturated carbocycles. The van der Waals surface area contributed by atoms with Gasteiger partial charge in [-0.25, -0.2) is 0 Å². The van der Waals surface area contributed by atoms with E-state index in [-0.39, 0.29) is 18.1 Å². The van der Waals surface area contributed by atoms with Crippen LogP contribution in [0.1, 0.15) is 16.7 Å².